The van der Waals surface area contributed by atoms with Gasteiger partial charge in [-0.25, -0.2) is 0 Å². The lowest BCUT2D eigenvalue weighted by atomic mass is 10.2. The minimum Gasteiger partial charge on any atom is -0.290 e. The molecule has 0 unspecified atom stereocenters. The van der Waals surface area contributed by atoms with Crippen LogP contribution in [0.25, 0.3) is 0 Å². The van der Waals surface area contributed by atoms with Crippen molar-refractivity contribution in [3.63, 3.8) is 0 Å². The summed E-state index contributed by atoms with van der Waals surface area (Å²) in [5.74, 6) is -0.630. The number of ketones is 1. The summed E-state index contributed by atoms with van der Waals surface area (Å²) in [5, 5.41) is 0. The first-order valence-electron chi connectivity index (χ1n) is 3.68. The van der Waals surface area contributed by atoms with Crippen LogP contribution in [-0.4, -0.2) is 12.0 Å². The first kappa shape index (κ1) is 11.9. The maximum atomic E-state index is 11.9. The highest BCUT2D eigenvalue weighted by Crippen LogP contribution is 2.24. The van der Waals surface area contributed by atoms with Crippen LogP contribution in [0.15, 0.2) is 23.3 Å². The van der Waals surface area contributed by atoms with Crippen LogP contribution >= 0.6 is 0 Å². The summed E-state index contributed by atoms with van der Waals surface area (Å²) < 4.78 is 35.7. The van der Waals surface area contributed by atoms with Crippen molar-refractivity contribution < 1.29 is 18.0 Å². The fraction of sp³-hybridized carbons (Fsp3) is 0.444. The molecule has 0 bridgehead atoms. The second-order valence-electron chi connectivity index (χ2n) is 2.95. The summed E-state index contributed by atoms with van der Waals surface area (Å²) in [6.07, 6.45) is -2.66. The van der Waals surface area contributed by atoms with Crippen LogP contribution in [0.1, 0.15) is 20.8 Å². The fourth-order valence-electron chi connectivity index (χ4n) is 0.621. The number of hydrogen-bond donors (Lipinski definition) is 0. The Morgan fingerprint density at radius 3 is 1.85 bits per heavy atom. The van der Waals surface area contributed by atoms with E-state index in [1.165, 1.54) is 0 Å². The Morgan fingerprint density at radius 2 is 1.54 bits per heavy atom. The van der Waals surface area contributed by atoms with E-state index in [-0.39, 0.29) is 0 Å². The predicted molar refractivity (Wildman–Crippen MR) is 44.3 cm³/mol. The molecule has 4 heteroatoms. The highest BCUT2D eigenvalue weighted by atomic mass is 19.4. The van der Waals surface area contributed by atoms with Gasteiger partial charge >= 0.3 is 6.18 Å². The molecule has 0 aromatic heterocycles. The van der Waals surface area contributed by atoms with Gasteiger partial charge in [0.25, 0.3) is 0 Å². The highest BCUT2D eigenvalue weighted by molar-refractivity contribution is 6.00. The summed E-state index contributed by atoms with van der Waals surface area (Å²) in [5.41, 5.74) is -0.203. The fourth-order valence-corrected chi connectivity index (χ4v) is 0.621. The molecule has 0 aliphatic heterocycles. The molecule has 74 valence electrons. The molecule has 0 rings (SSSR count). The number of halogens is 3. The third kappa shape index (κ3) is 5.22. The summed E-state index contributed by atoms with van der Waals surface area (Å²) in [6.45, 7) is 4.17. The lowest BCUT2D eigenvalue weighted by molar-refractivity contribution is -0.112. The normalized spacial score (nSPS) is 12.6. The van der Waals surface area contributed by atoms with E-state index in [2.05, 4.69) is 0 Å². The zero-order valence-electron chi connectivity index (χ0n) is 7.70. The molecule has 13 heavy (non-hydrogen) atoms. The van der Waals surface area contributed by atoms with E-state index < -0.39 is 17.5 Å². The van der Waals surface area contributed by atoms with Crippen LogP contribution in [0, 0.1) is 0 Å². The van der Waals surface area contributed by atoms with Crippen LogP contribution < -0.4 is 0 Å². The van der Waals surface area contributed by atoms with Gasteiger partial charge in [-0.1, -0.05) is 5.57 Å². The molecular formula is C9H11F3O. The van der Waals surface area contributed by atoms with Gasteiger partial charge in [0.15, 0.2) is 5.78 Å². The van der Waals surface area contributed by atoms with E-state index in [0.29, 0.717) is 11.6 Å². The Morgan fingerprint density at radius 1 is 1.08 bits per heavy atom. The number of allylic oxidation sites excluding steroid dienone is 4. The minimum absolute atomic E-state index is 0.590. The molecule has 0 aromatic rings. The summed E-state index contributed by atoms with van der Waals surface area (Å²) in [7, 11) is 0. The lowest BCUT2D eigenvalue weighted by Gasteiger charge is -2.04. The quantitative estimate of drug-likeness (QED) is 0.614. The van der Waals surface area contributed by atoms with E-state index in [4.69, 9.17) is 0 Å². The number of alkyl halides is 3. The van der Waals surface area contributed by atoms with E-state index in [9.17, 15) is 18.0 Å². The summed E-state index contributed by atoms with van der Waals surface area (Å²) in [6, 6.07) is 0. The summed E-state index contributed by atoms with van der Waals surface area (Å²) >= 11 is 0. The van der Waals surface area contributed by atoms with E-state index >= 15 is 0 Å². The predicted octanol–water partition coefficient (Wildman–Crippen LogP) is 3.03. The highest BCUT2D eigenvalue weighted by Gasteiger charge is 2.30. The number of rotatable bonds is 2. The van der Waals surface area contributed by atoms with Crippen molar-refractivity contribution in [1.82, 2.24) is 0 Å². The molecule has 0 aliphatic rings. The number of carbonyl (C=O) groups excluding carboxylic acids is 1. The maximum Gasteiger partial charge on any atom is 0.412 e. The number of carbonyl (C=O) groups is 1. The van der Waals surface area contributed by atoms with Gasteiger partial charge in [0.05, 0.1) is 0 Å². The lowest BCUT2D eigenvalue weighted by Crippen LogP contribution is -2.10. The zero-order valence-corrected chi connectivity index (χ0v) is 7.70. The Labute approximate surface area is 74.9 Å². The molecule has 0 atom stereocenters. The van der Waals surface area contributed by atoms with Crippen LogP contribution in [0.2, 0.25) is 0 Å². The molecule has 1 nitrogen and oxygen atoms in total. The van der Waals surface area contributed by atoms with Gasteiger partial charge in [-0.2, -0.15) is 13.2 Å². The first-order chi connectivity index (χ1) is 5.73. The topological polar surface area (TPSA) is 17.1 Å². The molecule has 0 aromatic carbocycles. The van der Waals surface area contributed by atoms with E-state index in [0.717, 1.165) is 13.0 Å². The minimum atomic E-state index is -4.41. The van der Waals surface area contributed by atoms with E-state index in [1.807, 2.05) is 0 Å². The second-order valence-corrected chi connectivity index (χ2v) is 2.95. The molecule has 0 spiro atoms. The Kier molecular flexibility index (Phi) is 3.91. The molecule has 0 heterocycles. The van der Waals surface area contributed by atoms with E-state index in [1.54, 1.807) is 13.8 Å². The largest absolute Gasteiger partial charge is 0.412 e. The van der Waals surface area contributed by atoms with Crippen LogP contribution in [0.4, 0.5) is 13.2 Å². The van der Waals surface area contributed by atoms with Gasteiger partial charge in [-0.15, -0.1) is 0 Å². The number of hydrogen-bond acceptors (Lipinski definition) is 1. The Hall–Kier alpha value is -1.06. The van der Waals surface area contributed by atoms with Gasteiger partial charge in [-0.05, 0) is 32.9 Å². The van der Waals surface area contributed by atoms with Crippen LogP contribution in [-0.2, 0) is 4.79 Å². The average molecular weight is 192 g/mol. The second kappa shape index (κ2) is 4.25. The third-order valence-electron chi connectivity index (χ3n) is 1.24. The smallest absolute Gasteiger partial charge is 0.290 e. The van der Waals surface area contributed by atoms with Crippen molar-refractivity contribution in [1.29, 1.82) is 0 Å². The molecule has 0 aliphatic carbocycles. The molecule has 0 radical (unpaired) electrons. The van der Waals surface area contributed by atoms with Crippen LogP contribution in [0.3, 0.4) is 0 Å². The molecule has 0 amide bonds. The standard InChI is InChI=1S/C9H11F3O/c1-6(2)4-8(13)5-7(3)9(10,11)12/h4-5H,1-3H3. The van der Waals surface area contributed by atoms with Gasteiger partial charge in [0.1, 0.15) is 0 Å². The van der Waals surface area contributed by atoms with Crippen LogP contribution in [0.5, 0.6) is 0 Å². The SMILES string of the molecule is CC(C)=CC(=O)C=C(C)C(F)(F)F. The van der Waals surface area contributed by atoms with Gasteiger partial charge in [-0.3, -0.25) is 4.79 Å². The van der Waals surface area contributed by atoms with Gasteiger partial charge < -0.3 is 0 Å². The van der Waals surface area contributed by atoms with Crippen molar-refractivity contribution >= 4 is 5.78 Å². The van der Waals surface area contributed by atoms with Gasteiger partial charge in [0, 0.05) is 5.57 Å². The van der Waals surface area contributed by atoms with Crippen molar-refractivity contribution in [3.8, 4) is 0 Å². The van der Waals surface area contributed by atoms with Crippen molar-refractivity contribution in [2.24, 2.45) is 0 Å². The van der Waals surface area contributed by atoms with Crippen molar-refractivity contribution in [3.05, 3.63) is 23.3 Å². The van der Waals surface area contributed by atoms with Gasteiger partial charge in [0.2, 0.25) is 0 Å². The monoisotopic (exact) mass is 192 g/mol. The molecular weight excluding hydrogens is 181 g/mol. The average Bonchev–Trinajstić information content (AvgIpc) is 1.82. The Balaban J connectivity index is 4.60. The molecule has 0 fully saturated rings. The first-order valence-corrected chi connectivity index (χ1v) is 3.68. The zero-order chi connectivity index (χ0) is 10.6. The maximum absolute atomic E-state index is 11.9. The third-order valence-corrected chi connectivity index (χ3v) is 1.24. The summed E-state index contributed by atoms with van der Waals surface area (Å²) in [4.78, 5) is 10.9. The molecule has 0 saturated heterocycles. The molecule has 0 N–H and O–H groups in total. The van der Waals surface area contributed by atoms with Crippen molar-refractivity contribution in [2.75, 3.05) is 0 Å². The Bertz CT molecular complexity index is 255. The molecule has 0 saturated carbocycles. The van der Waals surface area contributed by atoms with Crippen molar-refractivity contribution in [2.45, 2.75) is 26.9 Å².